The van der Waals surface area contributed by atoms with Crippen LogP contribution < -0.4 is 25.2 Å². The van der Waals surface area contributed by atoms with E-state index < -0.39 is 35.5 Å². The minimum atomic E-state index is -0.968. The number of carbonyl (C=O) groups excluding carboxylic acids is 4. The molecule has 3 heterocycles. The van der Waals surface area contributed by atoms with Crippen LogP contribution in [-0.4, -0.2) is 107 Å². The molecule has 0 radical (unpaired) electrons. The molecule has 4 aromatic rings. The number of hydrogen-bond acceptors (Lipinski definition) is 12. The number of aryl methyl sites for hydroxylation is 1. The molecule has 0 saturated carbocycles. The number of unbranched alkanes of at least 4 members (excludes halogenated alkanes) is 1. The molecule has 1 aromatic heterocycles. The summed E-state index contributed by atoms with van der Waals surface area (Å²) in [5.41, 5.74) is 3.05. The van der Waals surface area contributed by atoms with Gasteiger partial charge in [0.1, 0.15) is 36.0 Å². The van der Waals surface area contributed by atoms with Crippen molar-refractivity contribution in [1.82, 2.24) is 20.5 Å². The number of rotatable bonds is 21. The molecule has 18 heteroatoms. The highest BCUT2D eigenvalue weighted by molar-refractivity contribution is 7.81. The summed E-state index contributed by atoms with van der Waals surface area (Å²) in [6.07, 6.45) is 2.71. The Bertz CT molecular complexity index is 2400. The number of oxazole rings is 1. The first kappa shape index (κ1) is 49.5. The summed E-state index contributed by atoms with van der Waals surface area (Å²) in [7, 11) is 0. The molecule has 1 unspecified atom stereocenters. The fourth-order valence-electron chi connectivity index (χ4n) is 7.78. The van der Waals surface area contributed by atoms with E-state index in [1.807, 2.05) is 61.5 Å². The molecular formula is C48H56ClN7O9S. The van der Waals surface area contributed by atoms with Gasteiger partial charge in [0.15, 0.2) is 17.3 Å². The largest absolute Gasteiger partial charge is 0.494 e. The topological polar surface area (TPSA) is 200 Å². The second-order valence-electron chi connectivity index (χ2n) is 17.0. The Morgan fingerprint density at radius 2 is 1.68 bits per heavy atom. The molecule has 6 rings (SSSR count). The van der Waals surface area contributed by atoms with Crippen LogP contribution in [0.2, 0.25) is 5.02 Å². The summed E-state index contributed by atoms with van der Waals surface area (Å²) in [6.45, 7) is 10.8. The molecule has 3 aromatic carbocycles. The summed E-state index contributed by atoms with van der Waals surface area (Å²) >= 11 is 12.0. The number of aromatic nitrogens is 1. The van der Waals surface area contributed by atoms with E-state index in [0.29, 0.717) is 54.1 Å². The number of thiocarbonyl (C=S) groups is 1. The van der Waals surface area contributed by atoms with Crippen molar-refractivity contribution in [3.63, 3.8) is 0 Å². The van der Waals surface area contributed by atoms with Gasteiger partial charge in [-0.3, -0.25) is 24.1 Å². The minimum absolute atomic E-state index is 0.0163. The zero-order valence-electron chi connectivity index (χ0n) is 37.8. The van der Waals surface area contributed by atoms with Crippen molar-refractivity contribution in [2.45, 2.75) is 90.6 Å². The van der Waals surface area contributed by atoms with E-state index in [1.165, 1.54) is 16.2 Å². The molecule has 0 bridgehead atoms. The smallest absolute Gasteiger partial charge is 0.259 e. The lowest BCUT2D eigenvalue weighted by molar-refractivity contribution is -0.143. The number of benzene rings is 3. The lowest BCUT2D eigenvalue weighted by Gasteiger charge is -2.30. The van der Waals surface area contributed by atoms with E-state index in [1.54, 1.807) is 50.8 Å². The first-order valence-electron chi connectivity index (χ1n) is 21.9. The quantitative estimate of drug-likeness (QED) is 0.0641. The number of nitrogens with zero attached hydrogens (tertiary/aromatic N) is 5. The molecule has 2 saturated heterocycles. The fraction of sp³-hybridized carbons (Fsp3) is 0.438. The maximum absolute atomic E-state index is 13.7. The van der Waals surface area contributed by atoms with Gasteiger partial charge < -0.3 is 44.2 Å². The van der Waals surface area contributed by atoms with E-state index in [2.05, 4.69) is 15.6 Å². The van der Waals surface area contributed by atoms with E-state index in [9.17, 15) is 29.5 Å². The molecule has 2 aliphatic rings. The number of anilines is 2. The van der Waals surface area contributed by atoms with Gasteiger partial charge in [-0.1, -0.05) is 49.7 Å². The first-order chi connectivity index (χ1) is 31.6. The zero-order valence-corrected chi connectivity index (χ0v) is 39.3. The molecule has 16 nitrogen and oxygen atoms in total. The third kappa shape index (κ3) is 11.9. The molecule has 3 N–H and O–H groups in total. The summed E-state index contributed by atoms with van der Waals surface area (Å²) < 4.78 is 22.7. The van der Waals surface area contributed by atoms with Gasteiger partial charge >= 0.3 is 0 Å². The standard InChI is InChI=1S/C48H56ClN7O9S/c1-30(2)42(45(60)54-27-37(57)24-40(54)44(59)51-26-32-9-11-33(12-10-32)43-31(3)52-29-65-43)53-41(58)28-63-21-8-20-62-19-6-7-22-64-38-17-15-35(16-18-38)56-47(66)55(46(61)48(56,4)5)36-14-13-34(25-50)39(49)23-36/h9-18,23,29-30,37,40,42,57H,6-8,19-22,24,26-28H2,1-5H3,(H,51,59)(H,53,58)/t37-,40+,42?/m1/s1. The monoisotopic (exact) mass is 941 g/mol. The number of hydrogen-bond donors (Lipinski definition) is 3. The lowest BCUT2D eigenvalue weighted by Crippen LogP contribution is -2.55. The Morgan fingerprint density at radius 3 is 2.35 bits per heavy atom. The maximum Gasteiger partial charge on any atom is 0.259 e. The normalized spacial score (nSPS) is 17.3. The number of likely N-dealkylation sites (tertiary alicyclic amines) is 1. The maximum atomic E-state index is 13.7. The van der Waals surface area contributed by atoms with Crippen molar-refractivity contribution < 1.29 is 42.9 Å². The number of carbonyl (C=O) groups is 4. The number of amides is 4. The Balaban J connectivity index is 0.843. The van der Waals surface area contributed by atoms with Crippen molar-refractivity contribution in [3.8, 4) is 23.1 Å². The van der Waals surface area contributed by atoms with Gasteiger partial charge in [0.05, 0.1) is 34.7 Å². The third-order valence-corrected chi connectivity index (χ3v) is 12.1. The van der Waals surface area contributed by atoms with Crippen molar-refractivity contribution in [3.05, 3.63) is 95.0 Å². The lowest BCUT2D eigenvalue weighted by atomic mass is 10.0. The SMILES string of the molecule is Cc1ncoc1-c1ccc(CNC(=O)[C@@H]2C[C@@H](O)CN2C(=O)C(NC(=O)COCCCOCCCCOc2ccc(N3C(=S)N(c4ccc(C#N)c(Cl)c4)C(=O)C3(C)C)cc2)C(C)C)cc1. The van der Waals surface area contributed by atoms with Crippen LogP contribution in [0.15, 0.2) is 77.5 Å². The molecule has 350 valence electrons. The van der Waals surface area contributed by atoms with Crippen LogP contribution in [-0.2, 0) is 35.2 Å². The number of aliphatic hydroxyl groups excluding tert-OH is 1. The number of β-amino-alcohol motifs (C(OH)–C–C–N with tert-alkyl or cyclic N) is 1. The summed E-state index contributed by atoms with van der Waals surface area (Å²) in [5, 5.41) is 25.9. The van der Waals surface area contributed by atoms with E-state index in [4.69, 9.17) is 42.4 Å². The van der Waals surface area contributed by atoms with Gasteiger partial charge in [0.25, 0.3) is 5.91 Å². The number of nitriles is 1. The number of ether oxygens (including phenoxy) is 3. The minimum Gasteiger partial charge on any atom is -0.494 e. The molecule has 3 atom stereocenters. The number of halogens is 1. The highest BCUT2D eigenvalue weighted by Gasteiger charge is 2.50. The molecule has 2 fully saturated rings. The van der Waals surface area contributed by atoms with Gasteiger partial charge in [0.2, 0.25) is 17.7 Å². The van der Waals surface area contributed by atoms with Gasteiger partial charge in [0, 0.05) is 50.6 Å². The van der Waals surface area contributed by atoms with Crippen LogP contribution in [0.1, 0.15) is 70.2 Å². The van der Waals surface area contributed by atoms with Gasteiger partial charge in [-0.15, -0.1) is 0 Å². The summed E-state index contributed by atoms with van der Waals surface area (Å²) in [6, 6.07) is 19.9. The average molecular weight is 943 g/mol. The zero-order chi connectivity index (χ0) is 47.5. The van der Waals surface area contributed by atoms with Crippen LogP contribution in [0.4, 0.5) is 11.4 Å². The Kier molecular flexibility index (Phi) is 16.9. The highest BCUT2D eigenvalue weighted by atomic mass is 35.5. The van der Waals surface area contributed by atoms with Gasteiger partial charge in [-0.05, 0) is 106 Å². The van der Waals surface area contributed by atoms with Crippen LogP contribution in [0, 0.1) is 24.2 Å². The van der Waals surface area contributed by atoms with Crippen molar-refractivity contribution in [2.24, 2.45) is 5.92 Å². The van der Waals surface area contributed by atoms with E-state index in [-0.39, 0.29) is 55.5 Å². The average Bonchev–Trinajstić information content (AvgIpc) is 3.96. The van der Waals surface area contributed by atoms with Gasteiger partial charge in [-0.2, -0.15) is 5.26 Å². The van der Waals surface area contributed by atoms with Crippen molar-refractivity contribution in [2.75, 3.05) is 49.4 Å². The second kappa shape index (κ2) is 22.5. The van der Waals surface area contributed by atoms with Crippen LogP contribution in [0.5, 0.6) is 5.75 Å². The Morgan fingerprint density at radius 1 is 1.00 bits per heavy atom. The first-order valence-corrected chi connectivity index (χ1v) is 22.7. The van der Waals surface area contributed by atoms with E-state index >= 15 is 0 Å². The Labute approximate surface area is 395 Å². The molecular weight excluding hydrogens is 886 g/mol. The molecule has 0 aliphatic carbocycles. The predicted molar refractivity (Wildman–Crippen MR) is 252 cm³/mol. The van der Waals surface area contributed by atoms with Crippen molar-refractivity contribution >= 4 is 63.9 Å². The molecule has 66 heavy (non-hydrogen) atoms. The second-order valence-corrected chi connectivity index (χ2v) is 17.8. The van der Waals surface area contributed by atoms with Gasteiger partial charge in [-0.25, -0.2) is 4.98 Å². The van der Waals surface area contributed by atoms with Crippen LogP contribution in [0.25, 0.3) is 11.3 Å². The fourth-order valence-corrected chi connectivity index (χ4v) is 8.52. The molecule has 0 spiro atoms. The molecule has 2 aliphatic heterocycles. The highest BCUT2D eigenvalue weighted by Crippen LogP contribution is 2.38. The Hall–Kier alpha value is -5.90. The summed E-state index contributed by atoms with van der Waals surface area (Å²) in [4.78, 5) is 62.1. The number of nitrogens with one attached hydrogen (secondary N) is 2. The van der Waals surface area contributed by atoms with E-state index in [0.717, 1.165) is 35.3 Å². The van der Waals surface area contributed by atoms with Crippen LogP contribution in [0.3, 0.4) is 0 Å². The third-order valence-electron chi connectivity index (χ3n) is 11.4. The number of aliphatic hydroxyl groups is 1. The predicted octanol–water partition coefficient (Wildman–Crippen LogP) is 6.09. The molecule has 4 amide bonds. The summed E-state index contributed by atoms with van der Waals surface area (Å²) in [5.74, 6) is -0.442. The van der Waals surface area contributed by atoms with Crippen molar-refractivity contribution in [1.29, 1.82) is 5.26 Å². The van der Waals surface area contributed by atoms with Crippen LogP contribution >= 0.6 is 23.8 Å².